The van der Waals surface area contributed by atoms with Crippen molar-refractivity contribution in [1.29, 1.82) is 0 Å². The fourth-order valence-corrected chi connectivity index (χ4v) is 3.84. The van der Waals surface area contributed by atoms with Gasteiger partial charge in [0.15, 0.2) is 0 Å². The molecule has 0 aliphatic carbocycles. The molecule has 3 rings (SSSR count). The van der Waals surface area contributed by atoms with E-state index in [0.29, 0.717) is 11.6 Å². The van der Waals surface area contributed by atoms with Crippen molar-refractivity contribution in [2.75, 3.05) is 13.1 Å². The molecule has 0 radical (unpaired) electrons. The molecule has 2 N–H and O–H groups in total. The van der Waals surface area contributed by atoms with Gasteiger partial charge in [-0.2, -0.15) is 0 Å². The van der Waals surface area contributed by atoms with Gasteiger partial charge in [-0.25, -0.2) is 13.1 Å². The molecule has 0 aromatic heterocycles. The van der Waals surface area contributed by atoms with E-state index in [2.05, 4.69) is 16.1 Å². The van der Waals surface area contributed by atoms with Gasteiger partial charge in [-0.1, -0.05) is 35.9 Å². The zero-order valence-corrected chi connectivity index (χ0v) is 13.5. The largest absolute Gasteiger partial charge is 0.308 e. The summed E-state index contributed by atoms with van der Waals surface area (Å²) in [7, 11) is -3.53. The van der Waals surface area contributed by atoms with Gasteiger partial charge in [-0.05, 0) is 48.4 Å². The van der Waals surface area contributed by atoms with Crippen molar-refractivity contribution in [3.63, 3.8) is 0 Å². The summed E-state index contributed by atoms with van der Waals surface area (Å²) in [5.74, 6) is 0. The van der Waals surface area contributed by atoms with Crippen LogP contribution in [0, 0.1) is 0 Å². The van der Waals surface area contributed by atoms with Crippen molar-refractivity contribution in [1.82, 2.24) is 10.0 Å². The average molecular weight is 337 g/mol. The highest BCUT2D eigenvalue weighted by Gasteiger charge is 2.22. The number of halogens is 1. The first-order chi connectivity index (χ1) is 10.6. The molecular weight excluding hydrogens is 320 g/mol. The minimum absolute atomic E-state index is 0.00738. The van der Waals surface area contributed by atoms with Crippen LogP contribution < -0.4 is 10.0 Å². The van der Waals surface area contributed by atoms with Crippen LogP contribution >= 0.6 is 11.6 Å². The van der Waals surface area contributed by atoms with Crippen molar-refractivity contribution < 1.29 is 8.42 Å². The summed E-state index contributed by atoms with van der Waals surface area (Å²) in [6.07, 6.45) is 0.969. The SMILES string of the molecule is O=S(=O)(NCC1NCCc2ccccc21)c1ccc(Cl)cc1. The van der Waals surface area contributed by atoms with E-state index in [1.165, 1.54) is 17.7 Å². The zero-order valence-electron chi connectivity index (χ0n) is 11.9. The average Bonchev–Trinajstić information content (AvgIpc) is 2.53. The van der Waals surface area contributed by atoms with E-state index in [-0.39, 0.29) is 10.9 Å². The Labute approximate surface area is 135 Å². The van der Waals surface area contributed by atoms with Crippen LogP contribution in [0.1, 0.15) is 17.2 Å². The molecule has 2 aromatic carbocycles. The summed E-state index contributed by atoms with van der Waals surface area (Å²) in [5.41, 5.74) is 2.43. The number of benzene rings is 2. The molecule has 0 saturated carbocycles. The Bertz CT molecular complexity index is 760. The number of rotatable bonds is 4. The highest BCUT2D eigenvalue weighted by atomic mass is 35.5. The lowest BCUT2D eigenvalue weighted by atomic mass is 9.95. The number of nitrogens with one attached hydrogen (secondary N) is 2. The van der Waals surface area contributed by atoms with Crippen LogP contribution in [0.15, 0.2) is 53.4 Å². The number of fused-ring (bicyclic) bond motifs is 1. The molecule has 1 unspecified atom stereocenters. The topological polar surface area (TPSA) is 58.2 Å². The Kier molecular flexibility index (Phi) is 4.49. The minimum Gasteiger partial charge on any atom is -0.308 e. The predicted octanol–water partition coefficient (Wildman–Crippen LogP) is 2.51. The first-order valence-corrected chi connectivity index (χ1v) is 8.99. The van der Waals surface area contributed by atoms with Gasteiger partial charge in [0.05, 0.1) is 4.90 Å². The van der Waals surface area contributed by atoms with Gasteiger partial charge in [0.1, 0.15) is 0 Å². The fourth-order valence-electron chi connectivity index (χ4n) is 2.67. The van der Waals surface area contributed by atoms with Crippen molar-refractivity contribution in [2.24, 2.45) is 0 Å². The third-order valence-electron chi connectivity index (χ3n) is 3.82. The summed E-state index contributed by atoms with van der Waals surface area (Å²) < 4.78 is 27.3. The molecule has 0 saturated heterocycles. The zero-order chi connectivity index (χ0) is 15.6. The maximum Gasteiger partial charge on any atom is 0.240 e. The second-order valence-corrected chi connectivity index (χ2v) is 7.46. The summed E-state index contributed by atoms with van der Waals surface area (Å²) in [6.45, 7) is 1.17. The quantitative estimate of drug-likeness (QED) is 0.902. The Morgan fingerprint density at radius 3 is 2.64 bits per heavy atom. The Morgan fingerprint density at radius 2 is 1.86 bits per heavy atom. The lowest BCUT2D eigenvalue weighted by molar-refractivity contribution is 0.491. The molecule has 1 atom stereocenters. The van der Waals surface area contributed by atoms with Crippen LogP contribution in [0.25, 0.3) is 0 Å². The number of hydrogen-bond donors (Lipinski definition) is 2. The van der Waals surface area contributed by atoms with E-state index in [1.54, 1.807) is 12.1 Å². The molecule has 6 heteroatoms. The second kappa shape index (κ2) is 6.38. The first kappa shape index (κ1) is 15.5. The third-order valence-corrected chi connectivity index (χ3v) is 5.51. The highest BCUT2D eigenvalue weighted by Crippen LogP contribution is 2.22. The molecule has 2 aromatic rings. The van der Waals surface area contributed by atoms with Crippen LogP contribution in [0.4, 0.5) is 0 Å². The summed E-state index contributed by atoms with van der Waals surface area (Å²) in [4.78, 5) is 0.223. The molecule has 0 amide bonds. The molecule has 0 bridgehead atoms. The molecule has 116 valence electrons. The van der Waals surface area contributed by atoms with Gasteiger partial charge < -0.3 is 5.32 Å². The van der Waals surface area contributed by atoms with Crippen molar-refractivity contribution in [3.8, 4) is 0 Å². The normalized spacial score (nSPS) is 18.0. The summed E-state index contributed by atoms with van der Waals surface area (Å²) in [6, 6.07) is 14.3. The summed E-state index contributed by atoms with van der Waals surface area (Å²) >= 11 is 5.79. The number of sulfonamides is 1. The molecule has 22 heavy (non-hydrogen) atoms. The summed E-state index contributed by atoms with van der Waals surface area (Å²) in [5, 5.41) is 3.88. The molecular formula is C16H17ClN2O2S. The third kappa shape index (κ3) is 3.33. The van der Waals surface area contributed by atoms with Crippen molar-refractivity contribution in [2.45, 2.75) is 17.4 Å². The van der Waals surface area contributed by atoms with E-state index in [0.717, 1.165) is 18.5 Å². The van der Waals surface area contributed by atoms with Crippen LogP contribution in [0.5, 0.6) is 0 Å². The Hall–Kier alpha value is -1.40. The molecule has 1 aliphatic heterocycles. The van der Waals surface area contributed by atoms with Gasteiger partial charge in [-0.3, -0.25) is 0 Å². The minimum atomic E-state index is -3.53. The van der Waals surface area contributed by atoms with Gasteiger partial charge in [0, 0.05) is 17.6 Å². The van der Waals surface area contributed by atoms with Crippen LogP contribution in [-0.2, 0) is 16.4 Å². The van der Waals surface area contributed by atoms with Gasteiger partial charge in [0.2, 0.25) is 10.0 Å². The standard InChI is InChI=1S/C16H17ClN2O2S/c17-13-5-7-14(8-6-13)22(20,21)19-11-16-15-4-2-1-3-12(15)9-10-18-16/h1-8,16,18-19H,9-11H2. The van der Waals surface area contributed by atoms with Gasteiger partial charge in [-0.15, -0.1) is 0 Å². The highest BCUT2D eigenvalue weighted by molar-refractivity contribution is 7.89. The molecule has 1 aliphatic rings. The molecule has 0 spiro atoms. The van der Waals surface area contributed by atoms with E-state index in [1.807, 2.05) is 18.2 Å². The predicted molar refractivity (Wildman–Crippen MR) is 87.5 cm³/mol. The molecule has 0 fully saturated rings. The smallest absolute Gasteiger partial charge is 0.240 e. The lowest BCUT2D eigenvalue weighted by Crippen LogP contribution is -2.38. The van der Waals surface area contributed by atoms with Gasteiger partial charge >= 0.3 is 0 Å². The maximum atomic E-state index is 12.3. The fraction of sp³-hybridized carbons (Fsp3) is 0.250. The monoisotopic (exact) mass is 336 g/mol. The Balaban J connectivity index is 1.74. The van der Waals surface area contributed by atoms with E-state index in [9.17, 15) is 8.42 Å². The first-order valence-electron chi connectivity index (χ1n) is 7.13. The number of hydrogen-bond acceptors (Lipinski definition) is 3. The van der Waals surface area contributed by atoms with E-state index in [4.69, 9.17) is 11.6 Å². The van der Waals surface area contributed by atoms with Crippen LogP contribution in [0.3, 0.4) is 0 Å². The van der Waals surface area contributed by atoms with Gasteiger partial charge in [0.25, 0.3) is 0 Å². The van der Waals surface area contributed by atoms with E-state index < -0.39 is 10.0 Å². The van der Waals surface area contributed by atoms with Crippen molar-refractivity contribution >= 4 is 21.6 Å². The second-order valence-electron chi connectivity index (χ2n) is 5.26. The lowest BCUT2D eigenvalue weighted by Gasteiger charge is -2.27. The van der Waals surface area contributed by atoms with Crippen LogP contribution in [-0.4, -0.2) is 21.5 Å². The Morgan fingerprint density at radius 1 is 1.14 bits per heavy atom. The maximum absolute atomic E-state index is 12.3. The van der Waals surface area contributed by atoms with Crippen molar-refractivity contribution in [3.05, 3.63) is 64.7 Å². The van der Waals surface area contributed by atoms with E-state index >= 15 is 0 Å². The molecule has 1 heterocycles. The molecule has 4 nitrogen and oxygen atoms in total. The van der Waals surface area contributed by atoms with Crippen LogP contribution in [0.2, 0.25) is 5.02 Å².